The molecular formula is C16H30N2O. The summed E-state index contributed by atoms with van der Waals surface area (Å²) < 4.78 is 5.57. The molecule has 110 valence electrons. The first-order valence-corrected chi connectivity index (χ1v) is 8.20. The lowest BCUT2D eigenvalue weighted by Crippen LogP contribution is -2.65. The summed E-state index contributed by atoms with van der Waals surface area (Å²) in [5, 5.41) is 3.86. The van der Waals surface area contributed by atoms with E-state index in [1.807, 2.05) is 7.11 Å². The van der Waals surface area contributed by atoms with E-state index in [2.05, 4.69) is 24.1 Å². The fourth-order valence-electron chi connectivity index (χ4n) is 4.27. The van der Waals surface area contributed by atoms with E-state index in [9.17, 15) is 0 Å². The molecule has 3 fully saturated rings. The minimum atomic E-state index is 0.372. The van der Waals surface area contributed by atoms with E-state index in [0.717, 1.165) is 18.0 Å². The third-order valence-corrected chi connectivity index (χ3v) is 5.83. The van der Waals surface area contributed by atoms with Crippen molar-refractivity contribution in [2.24, 2.45) is 5.92 Å². The average Bonchev–Trinajstić information content (AvgIpc) is 3.18. The van der Waals surface area contributed by atoms with Gasteiger partial charge in [0.25, 0.3) is 0 Å². The van der Waals surface area contributed by atoms with Crippen molar-refractivity contribution in [3.63, 3.8) is 0 Å². The topological polar surface area (TPSA) is 24.5 Å². The Bertz CT molecular complexity index is 318. The number of methoxy groups -OCH3 is 1. The molecule has 0 radical (unpaired) electrons. The van der Waals surface area contributed by atoms with Gasteiger partial charge < -0.3 is 10.1 Å². The van der Waals surface area contributed by atoms with Crippen molar-refractivity contribution in [1.82, 2.24) is 10.2 Å². The van der Waals surface area contributed by atoms with E-state index in [0.29, 0.717) is 11.6 Å². The summed E-state index contributed by atoms with van der Waals surface area (Å²) in [6.07, 6.45) is 8.45. The molecule has 1 N–H and O–H groups in total. The van der Waals surface area contributed by atoms with Gasteiger partial charge in [0, 0.05) is 37.8 Å². The van der Waals surface area contributed by atoms with E-state index >= 15 is 0 Å². The first kappa shape index (κ1) is 13.8. The van der Waals surface area contributed by atoms with Crippen molar-refractivity contribution in [3.05, 3.63) is 0 Å². The van der Waals surface area contributed by atoms with Crippen LogP contribution in [0.15, 0.2) is 0 Å². The molecule has 0 aromatic rings. The fraction of sp³-hybridized carbons (Fsp3) is 1.00. The zero-order valence-electron chi connectivity index (χ0n) is 12.8. The quantitative estimate of drug-likeness (QED) is 0.845. The molecule has 4 atom stereocenters. The molecule has 4 unspecified atom stereocenters. The Hall–Kier alpha value is -0.120. The van der Waals surface area contributed by atoms with Gasteiger partial charge in [-0.25, -0.2) is 0 Å². The Balaban J connectivity index is 1.68. The lowest BCUT2D eigenvalue weighted by Gasteiger charge is -2.49. The standard InChI is InChI=1S/C16H30N2O/c1-4-13-10-17-16(2,12-5-6-12)11-18(13)14-7-8-15(9-14)19-3/h12-15,17H,4-11H2,1-3H3. The molecule has 0 aromatic heterocycles. The molecule has 2 aliphatic carbocycles. The van der Waals surface area contributed by atoms with Crippen LogP contribution >= 0.6 is 0 Å². The van der Waals surface area contributed by atoms with Crippen LogP contribution < -0.4 is 5.32 Å². The molecular weight excluding hydrogens is 236 g/mol. The van der Waals surface area contributed by atoms with Crippen molar-refractivity contribution >= 4 is 0 Å². The summed E-state index contributed by atoms with van der Waals surface area (Å²) in [4.78, 5) is 2.83. The number of hydrogen-bond acceptors (Lipinski definition) is 3. The Morgan fingerprint density at radius 3 is 2.63 bits per heavy atom. The van der Waals surface area contributed by atoms with Crippen molar-refractivity contribution in [2.45, 2.75) is 76.1 Å². The summed E-state index contributed by atoms with van der Waals surface area (Å²) in [6.45, 7) is 7.21. The number of rotatable bonds is 4. The van der Waals surface area contributed by atoms with Gasteiger partial charge in [-0.3, -0.25) is 4.90 Å². The highest BCUT2D eigenvalue weighted by molar-refractivity contribution is 5.05. The highest BCUT2D eigenvalue weighted by atomic mass is 16.5. The maximum atomic E-state index is 5.57. The Morgan fingerprint density at radius 2 is 2.05 bits per heavy atom. The van der Waals surface area contributed by atoms with Gasteiger partial charge >= 0.3 is 0 Å². The van der Waals surface area contributed by atoms with Crippen molar-refractivity contribution < 1.29 is 4.74 Å². The number of hydrogen-bond donors (Lipinski definition) is 1. The van der Waals surface area contributed by atoms with Crippen LogP contribution in [0.2, 0.25) is 0 Å². The van der Waals surface area contributed by atoms with Gasteiger partial charge in [0.1, 0.15) is 0 Å². The molecule has 3 nitrogen and oxygen atoms in total. The minimum absolute atomic E-state index is 0.372. The highest BCUT2D eigenvalue weighted by Crippen LogP contribution is 2.42. The average molecular weight is 266 g/mol. The predicted molar refractivity (Wildman–Crippen MR) is 78.4 cm³/mol. The largest absolute Gasteiger partial charge is 0.381 e. The van der Waals surface area contributed by atoms with Crippen LogP contribution in [0, 0.1) is 5.92 Å². The first-order chi connectivity index (χ1) is 9.16. The maximum absolute atomic E-state index is 5.57. The molecule has 0 amide bonds. The van der Waals surface area contributed by atoms with Gasteiger partial charge in [-0.05, 0) is 51.4 Å². The molecule has 1 aliphatic heterocycles. The SMILES string of the molecule is CCC1CNC(C)(C2CC2)CN1C1CCC(OC)C1. The van der Waals surface area contributed by atoms with Crippen LogP contribution in [0.25, 0.3) is 0 Å². The predicted octanol–water partition coefficient (Wildman–Crippen LogP) is 2.41. The van der Waals surface area contributed by atoms with E-state index < -0.39 is 0 Å². The molecule has 3 aliphatic rings. The zero-order chi connectivity index (χ0) is 13.5. The molecule has 0 spiro atoms. The molecule has 19 heavy (non-hydrogen) atoms. The van der Waals surface area contributed by atoms with Gasteiger partial charge in [0.15, 0.2) is 0 Å². The summed E-state index contributed by atoms with van der Waals surface area (Å²) in [6, 6.07) is 1.49. The van der Waals surface area contributed by atoms with Gasteiger partial charge in [-0.15, -0.1) is 0 Å². The molecule has 3 heteroatoms. The Kier molecular flexibility index (Phi) is 3.89. The maximum Gasteiger partial charge on any atom is 0.0586 e. The van der Waals surface area contributed by atoms with Crippen LogP contribution in [0.5, 0.6) is 0 Å². The van der Waals surface area contributed by atoms with Gasteiger partial charge in [0.05, 0.1) is 6.10 Å². The molecule has 0 bridgehead atoms. The number of nitrogens with zero attached hydrogens (tertiary/aromatic N) is 1. The summed E-state index contributed by atoms with van der Waals surface area (Å²) in [7, 11) is 1.87. The van der Waals surface area contributed by atoms with Gasteiger partial charge in [-0.2, -0.15) is 0 Å². The summed E-state index contributed by atoms with van der Waals surface area (Å²) >= 11 is 0. The van der Waals surface area contributed by atoms with E-state index in [1.165, 1.54) is 51.6 Å². The van der Waals surface area contributed by atoms with E-state index in [4.69, 9.17) is 4.74 Å². The van der Waals surface area contributed by atoms with E-state index in [-0.39, 0.29) is 0 Å². The fourth-order valence-corrected chi connectivity index (χ4v) is 4.27. The van der Waals surface area contributed by atoms with Crippen LogP contribution in [-0.4, -0.2) is 48.8 Å². The summed E-state index contributed by atoms with van der Waals surface area (Å²) in [5.74, 6) is 0.924. The summed E-state index contributed by atoms with van der Waals surface area (Å²) in [5.41, 5.74) is 0.372. The second-order valence-corrected chi connectivity index (χ2v) is 7.13. The first-order valence-electron chi connectivity index (χ1n) is 8.20. The van der Waals surface area contributed by atoms with Crippen LogP contribution in [0.3, 0.4) is 0 Å². The second-order valence-electron chi connectivity index (χ2n) is 7.13. The Morgan fingerprint density at radius 1 is 1.26 bits per heavy atom. The van der Waals surface area contributed by atoms with Crippen molar-refractivity contribution in [1.29, 1.82) is 0 Å². The van der Waals surface area contributed by atoms with Gasteiger partial charge in [0.2, 0.25) is 0 Å². The smallest absolute Gasteiger partial charge is 0.0586 e. The monoisotopic (exact) mass is 266 g/mol. The van der Waals surface area contributed by atoms with Crippen LogP contribution in [-0.2, 0) is 4.74 Å². The number of piperazine rings is 1. The normalized spacial score (nSPS) is 44.7. The highest BCUT2D eigenvalue weighted by Gasteiger charge is 2.47. The van der Waals surface area contributed by atoms with Crippen molar-refractivity contribution in [3.8, 4) is 0 Å². The number of ether oxygens (including phenoxy) is 1. The zero-order valence-corrected chi connectivity index (χ0v) is 12.8. The van der Waals surface area contributed by atoms with Crippen LogP contribution in [0.4, 0.5) is 0 Å². The van der Waals surface area contributed by atoms with E-state index in [1.54, 1.807) is 0 Å². The number of nitrogens with one attached hydrogen (secondary N) is 1. The molecule has 2 saturated carbocycles. The molecule has 0 aromatic carbocycles. The minimum Gasteiger partial charge on any atom is -0.381 e. The lowest BCUT2D eigenvalue weighted by atomic mass is 9.89. The van der Waals surface area contributed by atoms with Crippen molar-refractivity contribution in [2.75, 3.05) is 20.2 Å². The third-order valence-electron chi connectivity index (χ3n) is 5.83. The molecule has 3 rings (SSSR count). The van der Waals surface area contributed by atoms with Gasteiger partial charge in [-0.1, -0.05) is 6.92 Å². The second kappa shape index (κ2) is 5.34. The van der Waals surface area contributed by atoms with Crippen LogP contribution in [0.1, 0.15) is 52.4 Å². The third kappa shape index (κ3) is 2.70. The lowest BCUT2D eigenvalue weighted by molar-refractivity contribution is 0.0293. The molecule has 1 saturated heterocycles. The Labute approximate surface area is 118 Å². The molecule has 1 heterocycles.